The molecule has 1 fully saturated rings. The van der Waals surface area contributed by atoms with Crippen molar-refractivity contribution >= 4 is 16.9 Å². The zero-order valence-electron chi connectivity index (χ0n) is 16.6. The highest BCUT2D eigenvalue weighted by Crippen LogP contribution is 2.32. The number of nitrogens with zero attached hydrogens (tertiary/aromatic N) is 4. The van der Waals surface area contributed by atoms with Gasteiger partial charge in [0, 0.05) is 36.5 Å². The lowest BCUT2D eigenvalue weighted by atomic mass is 9.91. The number of piperidine rings is 1. The maximum atomic E-state index is 13.4. The molecule has 3 heterocycles. The lowest BCUT2D eigenvalue weighted by Crippen LogP contribution is -2.42. The summed E-state index contributed by atoms with van der Waals surface area (Å²) in [6.45, 7) is 1.14. The SMILES string of the molecule is O=C(Cn1nc2c(cc1=O)CCCC2)N1CCC(c2noc3cc(F)ccc23)CC1. The van der Waals surface area contributed by atoms with Crippen molar-refractivity contribution in [3.05, 3.63) is 57.4 Å². The summed E-state index contributed by atoms with van der Waals surface area (Å²) in [5.74, 6) is -0.284. The highest BCUT2D eigenvalue weighted by Gasteiger charge is 2.28. The lowest BCUT2D eigenvalue weighted by molar-refractivity contribution is -0.133. The molecule has 1 saturated heterocycles. The van der Waals surface area contributed by atoms with Crippen molar-refractivity contribution in [2.24, 2.45) is 0 Å². The van der Waals surface area contributed by atoms with E-state index >= 15 is 0 Å². The van der Waals surface area contributed by atoms with Crippen LogP contribution in [0.15, 0.2) is 33.6 Å². The monoisotopic (exact) mass is 410 g/mol. The maximum absolute atomic E-state index is 13.4. The number of fused-ring (bicyclic) bond motifs is 2. The van der Waals surface area contributed by atoms with E-state index < -0.39 is 0 Å². The second-order valence-electron chi connectivity index (χ2n) is 8.18. The normalized spacial score (nSPS) is 17.3. The van der Waals surface area contributed by atoms with E-state index in [9.17, 15) is 14.0 Å². The van der Waals surface area contributed by atoms with Gasteiger partial charge in [0.05, 0.1) is 11.4 Å². The number of hydrogen-bond donors (Lipinski definition) is 0. The highest BCUT2D eigenvalue weighted by molar-refractivity contribution is 5.80. The molecule has 0 atom stereocenters. The number of rotatable bonds is 3. The van der Waals surface area contributed by atoms with E-state index in [1.54, 1.807) is 17.0 Å². The van der Waals surface area contributed by atoms with Crippen molar-refractivity contribution in [2.75, 3.05) is 13.1 Å². The van der Waals surface area contributed by atoms with Crippen LogP contribution in [0.4, 0.5) is 4.39 Å². The Morgan fingerprint density at radius 1 is 1.17 bits per heavy atom. The maximum Gasteiger partial charge on any atom is 0.267 e. The Kier molecular flexibility index (Phi) is 4.84. The molecule has 0 bridgehead atoms. The topological polar surface area (TPSA) is 81.2 Å². The summed E-state index contributed by atoms with van der Waals surface area (Å²) >= 11 is 0. The standard InChI is InChI=1S/C22H23FN4O3/c23-16-5-6-17-19(12-16)30-25-22(17)14-7-9-26(10-8-14)21(29)13-27-20(28)11-15-3-1-2-4-18(15)24-27/h5-6,11-12,14H,1-4,7-10,13H2. The summed E-state index contributed by atoms with van der Waals surface area (Å²) in [5.41, 5.74) is 3.03. The van der Waals surface area contributed by atoms with Gasteiger partial charge < -0.3 is 9.42 Å². The van der Waals surface area contributed by atoms with E-state index in [-0.39, 0.29) is 29.7 Å². The number of likely N-dealkylation sites (tertiary alicyclic amines) is 1. The van der Waals surface area contributed by atoms with Crippen molar-refractivity contribution in [3.8, 4) is 0 Å². The summed E-state index contributed by atoms with van der Waals surface area (Å²) in [5, 5.41) is 9.42. The van der Waals surface area contributed by atoms with Gasteiger partial charge in [-0.15, -0.1) is 0 Å². The minimum absolute atomic E-state index is 0.0249. The van der Waals surface area contributed by atoms with E-state index in [1.807, 2.05) is 0 Å². The van der Waals surface area contributed by atoms with Crippen molar-refractivity contribution < 1.29 is 13.7 Å². The Morgan fingerprint density at radius 2 is 1.97 bits per heavy atom. The van der Waals surface area contributed by atoms with E-state index in [0.717, 1.165) is 60.9 Å². The van der Waals surface area contributed by atoms with E-state index in [0.29, 0.717) is 18.7 Å². The first kappa shape index (κ1) is 19.0. The molecule has 0 spiro atoms. The first-order valence-electron chi connectivity index (χ1n) is 10.5. The number of carbonyl (C=O) groups excluding carboxylic acids is 1. The van der Waals surface area contributed by atoms with Crippen LogP contribution in [-0.2, 0) is 24.2 Å². The van der Waals surface area contributed by atoms with Crippen LogP contribution in [-0.4, -0.2) is 38.8 Å². The second-order valence-corrected chi connectivity index (χ2v) is 8.18. The molecule has 7 nitrogen and oxygen atoms in total. The predicted molar refractivity (Wildman–Crippen MR) is 108 cm³/mol. The Labute approximate surface area is 172 Å². The van der Waals surface area contributed by atoms with Gasteiger partial charge in [0.1, 0.15) is 12.4 Å². The molecule has 156 valence electrons. The summed E-state index contributed by atoms with van der Waals surface area (Å²) in [4.78, 5) is 26.9. The molecule has 1 amide bonds. The third-order valence-electron chi connectivity index (χ3n) is 6.26. The quantitative estimate of drug-likeness (QED) is 0.663. The van der Waals surface area contributed by atoms with Crippen molar-refractivity contribution in [3.63, 3.8) is 0 Å². The van der Waals surface area contributed by atoms with Crippen molar-refractivity contribution in [1.29, 1.82) is 0 Å². The van der Waals surface area contributed by atoms with Gasteiger partial charge in [-0.3, -0.25) is 9.59 Å². The number of aryl methyl sites for hydroxylation is 2. The molecule has 1 aliphatic heterocycles. The molecule has 0 saturated carbocycles. The smallest absolute Gasteiger partial charge is 0.267 e. The molecule has 3 aromatic rings. The average molecular weight is 410 g/mol. The summed E-state index contributed by atoms with van der Waals surface area (Å²) < 4.78 is 19.9. The van der Waals surface area contributed by atoms with Crippen LogP contribution in [0, 0.1) is 5.82 Å². The number of benzene rings is 1. The molecule has 1 aromatic carbocycles. The Hall–Kier alpha value is -3.03. The highest BCUT2D eigenvalue weighted by atomic mass is 19.1. The molecule has 0 unspecified atom stereocenters. The van der Waals surface area contributed by atoms with Crippen molar-refractivity contribution in [2.45, 2.75) is 51.0 Å². The zero-order valence-corrected chi connectivity index (χ0v) is 16.6. The average Bonchev–Trinajstić information content (AvgIpc) is 3.17. The van der Waals surface area contributed by atoms with E-state index in [2.05, 4.69) is 10.3 Å². The van der Waals surface area contributed by atoms with Crippen LogP contribution in [0.25, 0.3) is 11.0 Å². The van der Waals surface area contributed by atoms with Crippen molar-refractivity contribution in [1.82, 2.24) is 19.8 Å². The second kappa shape index (κ2) is 7.66. The molecule has 30 heavy (non-hydrogen) atoms. The molecule has 2 aliphatic rings. The molecule has 0 radical (unpaired) electrons. The molecular weight excluding hydrogens is 387 g/mol. The van der Waals surface area contributed by atoms with Crippen LogP contribution in [0.1, 0.15) is 48.6 Å². The van der Waals surface area contributed by atoms with E-state index in [4.69, 9.17) is 4.52 Å². The largest absolute Gasteiger partial charge is 0.356 e. The van der Waals surface area contributed by atoms with Gasteiger partial charge in [-0.05, 0) is 56.2 Å². The summed E-state index contributed by atoms with van der Waals surface area (Å²) in [6, 6.07) is 6.08. The number of aromatic nitrogens is 3. The van der Waals surface area contributed by atoms with Crippen LogP contribution in [0.2, 0.25) is 0 Å². The first-order chi connectivity index (χ1) is 14.6. The molecular formula is C22H23FN4O3. The van der Waals surface area contributed by atoms with Gasteiger partial charge in [0.25, 0.3) is 5.56 Å². The fourth-order valence-corrected chi connectivity index (χ4v) is 4.57. The third kappa shape index (κ3) is 3.51. The van der Waals surface area contributed by atoms with Gasteiger partial charge in [0.15, 0.2) is 5.58 Å². The molecule has 1 aliphatic carbocycles. The van der Waals surface area contributed by atoms with E-state index in [1.165, 1.54) is 16.8 Å². The molecule has 0 N–H and O–H groups in total. The predicted octanol–water partition coefficient (Wildman–Crippen LogP) is 2.81. The van der Waals surface area contributed by atoms with Gasteiger partial charge >= 0.3 is 0 Å². The van der Waals surface area contributed by atoms with Gasteiger partial charge in [-0.25, -0.2) is 9.07 Å². The van der Waals surface area contributed by atoms with Gasteiger partial charge in [-0.1, -0.05) is 5.16 Å². The van der Waals surface area contributed by atoms with Gasteiger partial charge in [0.2, 0.25) is 5.91 Å². The first-order valence-corrected chi connectivity index (χ1v) is 10.5. The minimum atomic E-state index is -0.350. The fourth-order valence-electron chi connectivity index (χ4n) is 4.57. The fraction of sp³-hybridized carbons (Fsp3) is 0.455. The molecule has 2 aromatic heterocycles. The Bertz CT molecular complexity index is 1160. The lowest BCUT2D eigenvalue weighted by Gasteiger charge is -2.31. The number of hydrogen-bond acceptors (Lipinski definition) is 5. The van der Waals surface area contributed by atoms with Crippen LogP contribution in [0.3, 0.4) is 0 Å². The van der Waals surface area contributed by atoms with Gasteiger partial charge in [-0.2, -0.15) is 5.10 Å². The number of carbonyl (C=O) groups is 1. The molecule has 8 heteroatoms. The van der Waals surface area contributed by atoms with Crippen LogP contribution < -0.4 is 5.56 Å². The Balaban J connectivity index is 1.25. The third-order valence-corrected chi connectivity index (χ3v) is 6.26. The number of amides is 1. The van der Waals surface area contributed by atoms with Crippen LogP contribution in [0.5, 0.6) is 0 Å². The minimum Gasteiger partial charge on any atom is -0.356 e. The summed E-state index contributed by atoms with van der Waals surface area (Å²) in [6.07, 6.45) is 5.41. The Morgan fingerprint density at radius 3 is 2.80 bits per heavy atom. The zero-order chi connectivity index (χ0) is 20.7. The van der Waals surface area contributed by atoms with Crippen LogP contribution >= 0.6 is 0 Å². The summed E-state index contributed by atoms with van der Waals surface area (Å²) in [7, 11) is 0. The molecule has 5 rings (SSSR count). The number of halogens is 1.